The van der Waals surface area contributed by atoms with Crippen LogP contribution in [0.5, 0.6) is 5.75 Å². The van der Waals surface area contributed by atoms with E-state index in [0.717, 1.165) is 0 Å². The van der Waals surface area contributed by atoms with Crippen LogP contribution in [0.15, 0.2) is 72.8 Å². The summed E-state index contributed by atoms with van der Waals surface area (Å²) in [5.41, 5.74) is 1.94. The molecule has 3 aromatic carbocycles. The van der Waals surface area contributed by atoms with Gasteiger partial charge in [0.15, 0.2) is 18.2 Å². The Hall–Kier alpha value is -3.80. The maximum absolute atomic E-state index is 13.0. The normalized spacial score (nSPS) is 10.3. The number of ether oxygens (including phenoxy) is 1. The van der Waals surface area contributed by atoms with Gasteiger partial charge in [0.05, 0.1) is 0 Å². The van der Waals surface area contributed by atoms with Gasteiger partial charge in [-0.2, -0.15) is 0 Å². The molecule has 0 saturated carbocycles. The van der Waals surface area contributed by atoms with E-state index >= 15 is 0 Å². The van der Waals surface area contributed by atoms with Crippen molar-refractivity contribution in [2.24, 2.45) is 0 Å². The molecule has 0 aliphatic rings. The Kier molecular flexibility index (Phi) is 6.14. The lowest BCUT2D eigenvalue weighted by atomic mass is 10.0. The van der Waals surface area contributed by atoms with E-state index in [2.05, 4.69) is 5.32 Å². The molecule has 1 amide bonds. The van der Waals surface area contributed by atoms with Crippen molar-refractivity contribution in [3.8, 4) is 5.75 Å². The summed E-state index contributed by atoms with van der Waals surface area (Å²) in [5, 5.41) is 2.67. The summed E-state index contributed by atoms with van der Waals surface area (Å²) in [6, 6.07) is 18.2. The van der Waals surface area contributed by atoms with E-state index in [1.165, 1.54) is 31.2 Å². The number of carbonyl (C=O) groups excluding carboxylic acids is 3. The molecular formula is C23H18FNO4. The summed E-state index contributed by atoms with van der Waals surface area (Å²) in [6.07, 6.45) is 0. The van der Waals surface area contributed by atoms with Gasteiger partial charge in [0, 0.05) is 22.4 Å². The van der Waals surface area contributed by atoms with Crippen LogP contribution in [0.4, 0.5) is 10.1 Å². The maximum Gasteiger partial charge on any atom is 0.262 e. The number of nitrogens with one attached hydrogen (secondary N) is 1. The summed E-state index contributed by atoms with van der Waals surface area (Å²) < 4.78 is 18.4. The molecular weight excluding hydrogens is 373 g/mol. The number of carbonyl (C=O) groups is 3. The molecule has 5 nitrogen and oxygen atoms in total. The van der Waals surface area contributed by atoms with Crippen molar-refractivity contribution in [3.05, 3.63) is 95.3 Å². The quantitative estimate of drug-likeness (QED) is 0.611. The molecule has 146 valence electrons. The molecule has 0 spiro atoms. The number of benzene rings is 3. The molecule has 0 unspecified atom stereocenters. The molecule has 0 aliphatic carbocycles. The number of Topliss-reactive ketones (excluding diaryl/α,β-unsaturated/α-hetero) is 1. The lowest BCUT2D eigenvalue weighted by Gasteiger charge is -2.08. The second-order valence-corrected chi connectivity index (χ2v) is 6.33. The summed E-state index contributed by atoms with van der Waals surface area (Å²) in [6.45, 7) is 1.26. The Morgan fingerprint density at radius 1 is 0.793 bits per heavy atom. The smallest absolute Gasteiger partial charge is 0.262 e. The van der Waals surface area contributed by atoms with Gasteiger partial charge >= 0.3 is 0 Å². The number of rotatable bonds is 7. The fraction of sp³-hybridized carbons (Fsp3) is 0.0870. The van der Waals surface area contributed by atoms with E-state index in [1.807, 2.05) is 0 Å². The molecule has 0 heterocycles. The van der Waals surface area contributed by atoms with Crippen LogP contribution in [-0.4, -0.2) is 24.1 Å². The van der Waals surface area contributed by atoms with Crippen molar-refractivity contribution in [2.75, 3.05) is 11.9 Å². The molecule has 6 heteroatoms. The standard InChI is InChI=1S/C23H18FNO4/c1-15(26)16-4-10-20(11-5-16)25-22(27)14-29-21-12-6-18(7-13-21)23(28)17-2-8-19(24)9-3-17/h2-13H,14H2,1H3,(H,25,27). The van der Waals surface area contributed by atoms with Crippen molar-refractivity contribution in [1.29, 1.82) is 0 Å². The Morgan fingerprint density at radius 2 is 1.31 bits per heavy atom. The van der Waals surface area contributed by atoms with Crippen LogP contribution in [0, 0.1) is 5.82 Å². The lowest BCUT2D eigenvalue weighted by Crippen LogP contribution is -2.20. The number of halogens is 1. The molecule has 0 saturated heterocycles. The van der Waals surface area contributed by atoms with Gasteiger partial charge in [-0.1, -0.05) is 0 Å². The second-order valence-electron chi connectivity index (χ2n) is 6.33. The maximum atomic E-state index is 13.0. The van der Waals surface area contributed by atoms with Crippen molar-refractivity contribution in [1.82, 2.24) is 0 Å². The van der Waals surface area contributed by atoms with Crippen LogP contribution in [0.2, 0.25) is 0 Å². The molecule has 3 rings (SSSR count). The third-order valence-corrected chi connectivity index (χ3v) is 4.17. The van der Waals surface area contributed by atoms with E-state index in [4.69, 9.17) is 4.74 Å². The van der Waals surface area contributed by atoms with Gasteiger partial charge in [-0.15, -0.1) is 0 Å². The fourth-order valence-electron chi connectivity index (χ4n) is 2.60. The average Bonchev–Trinajstić information content (AvgIpc) is 2.73. The highest BCUT2D eigenvalue weighted by Gasteiger charge is 2.10. The molecule has 29 heavy (non-hydrogen) atoms. The third-order valence-electron chi connectivity index (χ3n) is 4.17. The minimum atomic E-state index is -0.404. The molecule has 0 fully saturated rings. The van der Waals surface area contributed by atoms with Crippen LogP contribution < -0.4 is 10.1 Å². The Morgan fingerprint density at radius 3 is 1.86 bits per heavy atom. The Labute approximate surface area is 167 Å². The monoisotopic (exact) mass is 391 g/mol. The number of hydrogen-bond acceptors (Lipinski definition) is 4. The minimum absolute atomic E-state index is 0.0485. The molecule has 0 aliphatic heterocycles. The second kappa shape index (κ2) is 8.93. The molecule has 1 N–H and O–H groups in total. The number of ketones is 2. The zero-order chi connectivity index (χ0) is 20.8. The van der Waals surface area contributed by atoms with Crippen LogP contribution >= 0.6 is 0 Å². The highest BCUT2D eigenvalue weighted by molar-refractivity contribution is 6.09. The van der Waals surface area contributed by atoms with E-state index in [0.29, 0.717) is 28.1 Å². The van der Waals surface area contributed by atoms with Crippen LogP contribution in [-0.2, 0) is 4.79 Å². The summed E-state index contributed by atoms with van der Waals surface area (Å²) in [4.78, 5) is 35.6. The summed E-state index contributed by atoms with van der Waals surface area (Å²) in [5.74, 6) is -0.607. The lowest BCUT2D eigenvalue weighted by molar-refractivity contribution is -0.118. The van der Waals surface area contributed by atoms with Gasteiger partial charge in [-0.25, -0.2) is 4.39 Å². The van der Waals surface area contributed by atoms with E-state index in [9.17, 15) is 18.8 Å². The fourth-order valence-corrected chi connectivity index (χ4v) is 2.60. The number of hydrogen-bond donors (Lipinski definition) is 1. The number of anilines is 1. The predicted octanol–water partition coefficient (Wildman–Crippen LogP) is 4.28. The predicted molar refractivity (Wildman–Crippen MR) is 107 cm³/mol. The molecule has 3 aromatic rings. The van der Waals surface area contributed by atoms with Crippen molar-refractivity contribution < 1.29 is 23.5 Å². The van der Waals surface area contributed by atoms with Gasteiger partial charge in [-0.05, 0) is 79.7 Å². The van der Waals surface area contributed by atoms with Gasteiger partial charge in [0.2, 0.25) is 0 Å². The molecule has 0 radical (unpaired) electrons. The van der Waals surface area contributed by atoms with Crippen molar-refractivity contribution in [2.45, 2.75) is 6.92 Å². The van der Waals surface area contributed by atoms with Gasteiger partial charge in [-0.3, -0.25) is 14.4 Å². The van der Waals surface area contributed by atoms with E-state index < -0.39 is 5.82 Å². The molecule has 0 aromatic heterocycles. The average molecular weight is 391 g/mol. The van der Waals surface area contributed by atoms with Gasteiger partial charge in [0.1, 0.15) is 11.6 Å². The number of amides is 1. The van der Waals surface area contributed by atoms with Crippen LogP contribution in [0.3, 0.4) is 0 Å². The highest BCUT2D eigenvalue weighted by atomic mass is 19.1. The van der Waals surface area contributed by atoms with E-state index in [1.54, 1.807) is 48.5 Å². The van der Waals surface area contributed by atoms with E-state index in [-0.39, 0.29) is 24.1 Å². The Balaban J connectivity index is 1.54. The first kappa shape index (κ1) is 19.9. The van der Waals surface area contributed by atoms with Crippen LogP contribution in [0.1, 0.15) is 33.2 Å². The first-order valence-electron chi connectivity index (χ1n) is 8.86. The first-order valence-corrected chi connectivity index (χ1v) is 8.86. The Bertz CT molecular complexity index is 1030. The topological polar surface area (TPSA) is 72.5 Å². The summed E-state index contributed by atoms with van der Waals surface area (Å²) >= 11 is 0. The largest absolute Gasteiger partial charge is 0.484 e. The van der Waals surface area contributed by atoms with Crippen molar-refractivity contribution >= 4 is 23.2 Å². The first-order chi connectivity index (χ1) is 13.9. The molecule has 0 atom stereocenters. The van der Waals surface area contributed by atoms with Crippen molar-refractivity contribution in [3.63, 3.8) is 0 Å². The minimum Gasteiger partial charge on any atom is -0.484 e. The summed E-state index contributed by atoms with van der Waals surface area (Å²) in [7, 11) is 0. The SMILES string of the molecule is CC(=O)c1ccc(NC(=O)COc2ccc(C(=O)c3ccc(F)cc3)cc2)cc1. The third kappa shape index (κ3) is 5.35. The molecule has 0 bridgehead atoms. The van der Waals surface area contributed by atoms with Gasteiger partial charge in [0.25, 0.3) is 5.91 Å². The van der Waals surface area contributed by atoms with Crippen LogP contribution in [0.25, 0.3) is 0 Å². The highest BCUT2D eigenvalue weighted by Crippen LogP contribution is 2.16. The van der Waals surface area contributed by atoms with Gasteiger partial charge < -0.3 is 10.1 Å². The zero-order valence-corrected chi connectivity index (χ0v) is 15.6. The zero-order valence-electron chi connectivity index (χ0n) is 15.6.